The second-order valence-corrected chi connectivity index (χ2v) is 7.30. The van der Waals surface area contributed by atoms with Crippen LogP contribution in [0.2, 0.25) is 0 Å². The molecule has 2 aliphatic rings. The van der Waals surface area contributed by atoms with Crippen LogP contribution in [0.5, 0.6) is 0 Å². The van der Waals surface area contributed by atoms with E-state index in [-0.39, 0.29) is 12.5 Å². The van der Waals surface area contributed by atoms with Gasteiger partial charge in [-0.05, 0) is 59.7 Å². The van der Waals surface area contributed by atoms with Crippen LogP contribution in [-0.4, -0.2) is 40.3 Å². The van der Waals surface area contributed by atoms with Crippen molar-refractivity contribution in [3.63, 3.8) is 0 Å². The summed E-state index contributed by atoms with van der Waals surface area (Å²) in [5.41, 5.74) is -0.302. The normalized spacial score (nSPS) is 30.6. The number of aliphatic carboxylic acids is 1. The van der Waals surface area contributed by atoms with Gasteiger partial charge in [0.25, 0.3) is 5.91 Å². The van der Waals surface area contributed by atoms with E-state index in [1.807, 2.05) is 6.07 Å². The van der Waals surface area contributed by atoms with Gasteiger partial charge in [-0.25, -0.2) is 4.79 Å². The van der Waals surface area contributed by atoms with E-state index < -0.39 is 17.7 Å². The molecule has 23 heavy (non-hydrogen) atoms. The lowest BCUT2D eigenvalue weighted by Gasteiger charge is -2.42. The molecule has 6 heteroatoms. The molecule has 0 aromatic heterocycles. The molecule has 1 atom stereocenters. The monoisotopic (exact) mass is 381 g/mol. The van der Waals surface area contributed by atoms with E-state index in [1.165, 1.54) is 4.90 Å². The summed E-state index contributed by atoms with van der Waals surface area (Å²) < 4.78 is 6.57. The highest BCUT2D eigenvalue weighted by Gasteiger charge is 2.53. The third-order valence-electron chi connectivity index (χ3n) is 4.92. The zero-order chi connectivity index (χ0) is 16.6. The fraction of sp³-hybridized carbons (Fsp3) is 0.529. The van der Waals surface area contributed by atoms with Crippen molar-refractivity contribution in [3.8, 4) is 0 Å². The lowest BCUT2D eigenvalue weighted by molar-refractivity contribution is -0.143. The van der Waals surface area contributed by atoms with Gasteiger partial charge in [-0.3, -0.25) is 9.69 Å². The second-order valence-electron chi connectivity index (χ2n) is 6.45. The molecule has 1 aliphatic heterocycles. The van der Waals surface area contributed by atoms with Crippen molar-refractivity contribution in [2.45, 2.75) is 44.4 Å². The van der Waals surface area contributed by atoms with Crippen molar-refractivity contribution in [1.82, 2.24) is 4.90 Å². The standard InChI is InChI=1S/C17H20BrNO4/c1-11-6-8-17(9-7-11)19(14(10-23-17)16(21)22)15(20)12-4-2-3-5-13(12)18/h2-5,11,14H,6-10H2,1H3,(H,21,22)/t11?,14-,17?/m0/s1. The maximum Gasteiger partial charge on any atom is 0.328 e. The number of hydrogen-bond acceptors (Lipinski definition) is 3. The van der Waals surface area contributed by atoms with Gasteiger partial charge < -0.3 is 9.84 Å². The number of rotatable bonds is 2. The van der Waals surface area contributed by atoms with Gasteiger partial charge >= 0.3 is 5.97 Å². The number of nitrogens with zero attached hydrogens (tertiary/aromatic N) is 1. The zero-order valence-electron chi connectivity index (χ0n) is 13.0. The van der Waals surface area contributed by atoms with Crippen LogP contribution in [0.3, 0.4) is 0 Å². The number of hydrogen-bond donors (Lipinski definition) is 1. The number of ether oxygens (including phenoxy) is 1. The molecule has 1 saturated carbocycles. The second kappa shape index (κ2) is 6.24. The average Bonchev–Trinajstić information content (AvgIpc) is 2.90. The Morgan fingerprint density at radius 1 is 1.30 bits per heavy atom. The van der Waals surface area contributed by atoms with Gasteiger partial charge in [-0.1, -0.05) is 19.1 Å². The summed E-state index contributed by atoms with van der Waals surface area (Å²) in [4.78, 5) is 26.2. The van der Waals surface area contributed by atoms with Gasteiger partial charge in [0.1, 0.15) is 5.72 Å². The molecule has 1 amide bonds. The van der Waals surface area contributed by atoms with Crippen LogP contribution in [0.15, 0.2) is 28.7 Å². The van der Waals surface area contributed by atoms with E-state index in [4.69, 9.17) is 4.74 Å². The first-order chi connectivity index (χ1) is 10.9. The molecule has 0 unspecified atom stereocenters. The highest BCUT2D eigenvalue weighted by molar-refractivity contribution is 9.10. The number of benzene rings is 1. The first kappa shape index (κ1) is 16.5. The molecule has 1 spiro atoms. The average molecular weight is 382 g/mol. The fourth-order valence-corrected chi connectivity index (χ4v) is 3.99. The fourth-order valence-electron chi connectivity index (χ4n) is 3.53. The van der Waals surface area contributed by atoms with Crippen molar-refractivity contribution in [2.24, 2.45) is 5.92 Å². The van der Waals surface area contributed by atoms with E-state index >= 15 is 0 Å². The van der Waals surface area contributed by atoms with E-state index in [2.05, 4.69) is 22.9 Å². The number of carboxylic acids is 1. The summed E-state index contributed by atoms with van der Waals surface area (Å²) in [5.74, 6) is -0.716. The summed E-state index contributed by atoms with van der Waals surface area (Å²) in [7, 11) is 0. The molecule has 5 nitrogen and oxygen atoms in total. The quantitative estimate of drug-likeness (QED) is 0.853. The Morgan fingerprint density at radius 3 is 2.57 bits per heavy atom. The van der Waals surface area contributed by atoms with Gasteiger partial charge in [0.2, 0.25) is 0 Å². The van der Waals surface area contributed by atoms with Crippen LogP contribution in [0.1, 0.15) is 43.0 Å². The molecule has 124 valence electrons. The molecule has 1 heterocycles. The molecule has 1 N–H and O–H groups in total. The summed E-state index contributed by atoms with van der Waals surface area (Å²) in [6, 6.07) is 6.18. The minimum atomic E-state index is -1.01. The first-order valence-electron chi connectivity index (χ1n) is 7.89. The molecule has 0 radical (unpaired) electrons. The van der Waals surface area contributed by atoms with Crippen molar-refractivity contribution < 1.29 is 19.4 Å². The third-order valence-corrected chi connectivity index (χ3v) is 5.62. The largest absolute Gasteiger partial charge is 0.480 e. The summed E-state index contributed by atoms with van der Waals surface area (Å²) in [6.45, 7) is 2.23. The van der Waals surface area contributed by atoms with E-state index in [0.29, 0.717) is 28.8 Å². The summed E-state index contributed by atoms with van der Waals surface area (Å²) in [5, 5.41) is 9.53. The van der Waals surface area contributed by atoms with Gasteiger partial charge in [0, 0.05) is 4.47 Å². The Bertz CT molecular complexity index is 625. The molecule has 0 bridgehead atoms. The Morgan fingerprint density at radius 2 is 1.96 bits per heavy atom. The zero-order valence-corrected chi connectivity index (χ0v) is 14.6. The molecular weight excluding hydrogens is 362 g/mol. The Hall–Kier alpha value is -1.40. The summed E-state index contributed by atoms with van der Waals surface area (Å²) in [6.07, 6.45) is 3.25. The van der Waals surface area contributed by atoms with E-state index in [9.17, 15) is 14.7 Å². The van der Waals surface area contributed by atoms with Crippen LogP contribution in [-0.2, 0) is 9.53 Å². The number of carbonyl (C=O) groups excluding carboxylic acids is 1. The smallest absolute Gasteiger partial charge is 0.328 e. The third kappa shape index (κ3) is 2.90. The Balaban J connectivity index is 1.98. The number of halogens is 1. The minimum Gasteiger partial charge on any atom is -0.480 e. The van der Waals surface area contributed by atoms with Gasteiger partial charge in [0.05, 0.1) is 12.2 Å². The van der Waals surface area contributed by atoms with Crippen LogP contribution >= 0.6 is 15.9 Å². The number of carboxylic acid groups (broad SMARTS) is 1. The highest BCUT2D eigenvalue weighted by Crippen LogP contribution is 2.43. The van der Waals surface area contributed by atoms with Crippen LogP contribution < -0.4 is 0 Å². The molecular formula is C17H20BrNO4. The van der Waals surface area contributed by atoms with Crippen LogP contribution in [0.25, 0.3) is 0 Å². The minimum absolute atomic E-state index is 0.0555. The van der Waals surface area contributed by atoms with Crippen molar-refractivity contribution in [2.75, 3.05) is 6.61 Å². The maximum absolute atomic E-state index is 13.1. The molecule has 1 aliphatic carbocycles. The predicted octanol–water partition coefficient (Wildman–Crippen LogP) is 3.28. The summed E-state index contributed by atoms with van der Waals surface area (Å²) >= 11 is 3.39. The predicted molar refractivity (Wildman–Crippen MR) is 88.1 cm³/mol. The lowest BCUT2D eigenvalue weighted by Crippen LogP contribution is -2.55. The Labute approximate surface area is 143 Å². The molecule has 3 rings (SSSR count). The van der Waals surface area contributed by atoms with E-state index in [0.717, 1.165) is 12.8 Å². The SMILES string of the molecule is CC1CCC2(CC1)OC[C@@H](C(=O)O)N2C(=O)c1ccccc1Br. The van der Waals surface area contributed by atoms with E-state index in [1.54, 1.807) is 18.2 Å². The highest BCUT2D eigenvalue weighted by atomic mass is 79.9. The van der Waals surface area contributed by atoms with Crippen LogP contribution in [0.4, 0.5) is 0 Å². The van der Waals surface area contributed by atoms with Gasteiger partial charge in [-0.15, -0.1) is 0 Å². The lowest BCUT2D eigenvalue weighted by atomic mass is 9.83. The molecule has 1 saturated heterocycles. The number of amides is 1. The van der Waals surface area contributed by atoms with Gasteiger partial charge in [0.15, 0.2) is 6.04 Å². The van der Waals surface area contributed by atoms with Crippen LogP contribution in [0, 0.1) is 5.92 Å². The number of carbonyl (C=O) groups is 2. The van der Waals surface area contributed by atoms with Crippen molar-refractivity contribution in [1.29, 1.82) is 0 Å². The molecule has 1 aromatic carbocycles. The van der Waals surface area contributed by atoms with Gasteiger partial charge in [-0.2, -0.15) is 0 Å². The first-order valence-corrected chi connectivity index (χ1v) is 8.69. The maximum atomic E-state index is 13.1. The Kier molecular flexibility index (Phi) is 4.47. The van der Waals surface area contributed by atoms with Crippen molar-refractivity contribution >= 4 is 27.8 Å². The topological polar surface area (TPSA) is 66.8 Å². The molecule has 1 aromatic rings. The molecule has 2 fully saturated rings. The van der Waals surface area contributed by atoms with Crippen molar-refractivity contribution in [3.05, 3.63) is 34.3 Å².